The molecular weight excluding hydrogens is 500 g/mol. The third kappa shape index (κ3) is 3.13. The number of hydrogen-bond acceptors (Lipinski definition) is 1. The first kappa shape index (κ1) is 22.2. The van der Waals surface area contributed by atoms with Crippen molar-refractivity contribution in [1.82, 2.24) is 18.7 Å². The summed E-state index contributed by atoms with van der Waals surface area (Å²) in [5.41, 5.74) is 8.96. The Morgan fingerprint density at radius 3 is 1.17 bits per heavy atom. The van der Waals surface area contributed by atoms with Gasteiger partial charge in [0.2, 0.25) is 5.95 Å². The summed E-state index contributed by atoms with van der Waals surface area (Å²) in [5, 5.41) is 4.98. The van der Waals surface area contributed by atoms with Gasteiger partial charge in [0.25, 0.3) is 0 Å². The second-order valence-corrected chi connectivity index (χ2v) is 10.5. The van der Waals surface area contributed by atoms with Gasteiger partial charge in [-0.2, -0.15) is 0 Å². The van der Waals surface area contributed by atoms with Crippen LogP contribution < -0.4 is 0 Å². The molecule has 0 saturated carbocycles. The molecule has 0 atom stereocenters. The van der Waals surface area contributed by atoms with E-state index < -0.39 is 0 Å². The highest BCUT2D eigenvalue weighted by Crippen LogP contribution is 2.35. The predicted octanol–water partition coefficient (Wildman–Crippen LogP) is 9.22. The van der Waals surface area contributed by atoms with E-state index >= 15 is 0 Å². The topological polar surface area (TPSA) is 27.7 Å². The average molecular weight is 525 g/mol. The fraction of sp³-hybridized carbons (Fsp3) is 0. The quantitative estimate of drug-likeness (QED) is 0.226. The van der Waals surface area contributed by atoms with Crippen molar-refractivity contribution in [3.8, 4) is 17.3 Å². The van der Waals surface area contributed by atoms with E-state index in [9.17, 15) is 0 Å². The van der Waals surface area contributed by atoms with E-state index in [1.54, 1.807) is 0 Å². The standard InChI is InChI=1S/C37H24N4/c1-6-16-32-27(11-1)28-12-2-7-17-33(28)39(32)25-21-23-26(24-22-25)40-36-20-10-5-15-31(36)38-37(40)41-34-18-8-3-13-29(34)30-14-4-9-19-35(30)41/h1-24H. The molecule has 0 bridgehead atoms. The molecule has 9 rings (SSSR count). The van der Waals surface area contributed by atoms with Crippen LogP contribution in [0.25, 0.3) is 72.0 Å². The zero-order valence-corrected chi connectivity index (χ0v) is 22.1. The molecular formula is C37H24N4. The van der Waals surface area contributed by atoms with E-state index in [0.717, 1.165) is 39.4 Å². The van der Waals surface area contributed by atoms with Crippen molar-refractivity contribution < 1.29 is 0 Å². The van der Waals surface area contributed by atoms with Crippen LogP contribution in [0.4, 0.5) is 0 Å². The van der Waals surface area contributed by atoms with Crippen molar-refractivity contribution in [2.24, 2.45) is 0 Å². The summed E-state index contributed by atoms with van der Waals surface area (Å²) in [6, 6.07) is 51.7. The third-order valence-corrected chi connectivity index (χ3v) is 8.27. The summed E-state index contributed by atoms with van der Waals surface area (Å²) in [5.74, 6) is 0.883. The highest BCUT2D eigenvalue weighted by molar-refractivity contribution is 6.10. The molecule has 0 saturated heterocycles. The van der Waals surface area contributed by atoms with Gasteiger partial charge in [0.1, 0.15) is 0 Å². The van der Waals surface area contributed by atoms with E-state index in [0.29, 0.717) is 0 Å². The molecule has 0 aliphatic carbocycles. The number of aromatic nitrogens is 4. The molecule has 0 N–H and O–H groups in total. The highest BCUT2D eigenvalue weighted by atomic mass is 15.2. The minimum atomic E-state index is 0.883. The van der Waals surface area contributed by atoms with Crippen LogP contribution in [-0.4, -0.2) is 18.7 Å². The molecule has 0 fully saturated rings. The lowest BCUT2D eigenvalue weighted by Crippen LogP contribution is -2.05. The molecule has 6 aromatic carbocycles. The molecule has 0 aliphatic rings. The van der Waals surface area contributed by atoms with Crippen molar-refractivity contribution in [3.05, 3.63) is 146 Å². The summed E-state index contributed by atoms with van der Waals surface area (Å²) >= 11 is 0. The molecule has 9 aromatic rings. The Kier molecular flexibility index (Phi) is 4.58. The van der Waals surface area contributed by atoms with E-state index in [1.807, 2.05) is 0 Å². The van der Waals surface area contributed by atoms with Crippen LogP contribution in [0.2, 0.25) is 0 Å². The summed E-state index contributed by atoms with van der Waals surface area (Å²) < 4.78 is 6.93. The zero-order chi connectivity index (χ0) is 26.9. The fourth-order valence-corrected chi connectivity index (χ4v) is 6.51. The van der Waals surface area contributed by atoms with E-state index in [1.165, 1.54) is 32.6 Å². The highest BCUT2D eigenvalue weighted by Gasteiger charge is 2.20. The largest absolute Gasteiger partial charge is 0.309 e. The zero-order valence-electron chi connectivity index (χ0n) is 22.1. The second-order valence-electron chi connectivity index (χ2n) is 10.5. The van der Waals surface area contributed by atoms with Crippen LogP contribution in [0.15, 0.2) is 146 Å². The molecule has 0 amide bonds. The molecule has 0 radical (unpaired) electrons. The van der Waals surface area contributed by atoms with Crippen LogP contribution in [0.3, 0.4) is 0 Å². The predicted molar refractivity (Wildman–Crippen MR) is 170 cm³/mol. The normalized spacial score (nSPS) is 11.9. The third-order valence-electron chi connectivity index (χ3n) is 8.27. The molecule has 0 unspecified atom stereocenters. The lowest BCUT2D eigenvalue weighted by Gasteiger charge is -2.14. The monoisotopic (exact) mass is 524 g/mol. The minimum absolute atomic E-state index is 0.883. The Morgan fingerprint density at radius 2 is 0.683 bits per heavy atom. The summed E-state index contributed by atoms with van der Waals surface area (Å²) in [6.07, 6.45) is 0. The number of benzene rings is 6. The van der Waals surface area contributed by atoms with Crippen molar-refractivity contribution in [3.63, 3.8) is 0 Å². The molecule has 192 valence electrons. The molecule has 4 nitrogen and oxygen atoms in total. The van der Waals surface area contributed by atoms with Crippen molar-refractivity contribution in [2.45, 2.75) is 0 Å². The number of rotatable bonds is 3. The number of para-hydroxylation sites is 6. The van der Waals surface area contributed by atoms with Gasteiger partial charge in [-0.3, -0.25) is 9.13 Å². The van der Waals surface area contributed by atoms with Crippen LogP contribution in [0.5, 0.6) is 0 Å². The minimum Gasteiger partial charge on any atom is -0.309 e. The molecule has 0 spiro atoms. The number of hydrogen-bond donors (Lipinski definition) is 0. The van der Waals surface area contributed by atoms with Gasteiger partial charge in [0, 0.05) is 32.9 Å². The van der Waals surface area contributed by atoms with Gasteiger partial charge >= 0.3 is 0 Å². The first-order chi connectivity index (χ1) is 20.4. The Bertz CT molecular complexity index is 2310. The molecule has 41 heavy (non-hydrogen) atoms. The van der Waals surface area contributed by atoms with Crippen LogP contribution in [0.1, 0.15) is 0 Å². The average Bonchev–Trinajstić information content (AvgIpc) is 3.69. The van der Waals surface area contributed by atoms with Gasteiger partial charge in [-0.05, 0) is 60.7 Å². The van der Waals surface area contributed by atoms with Crippen LogP contribution in [-0.2, 0) is 0 Å². The second kappa shape index (κ2) is 8.44. The Labute approximate surface area is 235 Å². The maximum atomic E-state index is 5.21. The molecule has 4 heteroatoms. The van der Waals surface area contributed by atoms with E-state index in [4.69, 9.17) is 4.98 Å². The van der Waals surface area contributed by atoms with E-state index in [-0.39, 0.29) is 0 Å². The molecule has 0 aliphatic heterocycles. The van der Waals surface area contributed by atoms with Crippen LogP contribution in [0, 0.1) is 0 Å². The van der Waals surface area contributed by atoms with E-state index in [2.05, 4.69) is 159 Å². The summed E-state index contributed by atoms with van der Waals surface area (Å²) in [6.45, 7) is 0. The Morgan fingerprint density at radius 1 is 0.317 bits per heavy atom. The number of nitrogens with zero attached hydrogens (tertiary/aromatic N) is 4. The fourth-order valence-electron chi connectivity index (χ4n) is 6.51. The van der Waals surface area contributed by atoms with Gasteiger partial charge in [-0.25, -0.2) is 4.98 Å². The maximum absolute atomic E-state index is 5.21. The van der Waals surface area contributed by atoms with Crippen molar-refractivity contribution >= 4 is 54.6 Å². The van der Waals surface area contributed by atoms with Crippen LogP contribution >= 0.6 is 0 Å². The smallest absolute Gasteiger partial charge is 0.220 e. The number of fused-ring (bicyclic) bond motifs is 7. The Hall–Kier alpha value is -5.61. The summed E-state index contributed by atoms with van der Waals surface area (Å²) in [4.78, 5) is 5.21. The van der Waals surface area contributed by atoms with Gasteiger partial charge < -0.3 is 4.57 Å². The first-order valence-electron chi connectivity index (χ1n) is 13.9. The van der Waals surface area contributed by atoms with Gasteiger partial charge in [0.15, 0.2) is 0 Å². The van der Waals surface area contributed by atoms with Gasteiger partial charge in [-0.1, -0.05) is 84.9 Å². The Balaban J connectivity index is 1.30. The maximum Gasteiger partial charge on any atom is 0.220 e. The SMILES string of the molecule is c1ccc2c(c1)nc(-n1c3ccccc3c3ccccc31)n2-c1ccc(-n2c3ccccc3c3ccccc32)cc1. The lowest BCUT2D eigenvalue weighted by atomic mass is 10.2. The van der Waals surface area contributed by atoms with Crippen molar-refractivity contribution in [2.75, 3.05) is 0 Å². The summed E-state index contributed by atoms with van der Waals surface area (Å²) in [7, 11) is 0. The molecule has 3 aromatic heterocycles. The van der Waals surface area contributed by atoms with Crippen molar-refractivity contribution in [1.29, 1.82) is 0 Å². The molecule has 3 heterocycles. The first-order valence-corrected chi connectivity index (χ1v) is 13.9. The lowest BCUT2D eigenvalue weighted by molar-refractivity contribution is 0.954. The number of imidazole rings is 1. The van der Waals surface area contributed by atoms with Gasteiger partial charge in [-0.15, -0.1) is 0 Å². The van der Waals surface area contributed by atoms with Gasteiger partial charge in [0.05, 0.1) is 33.1 Å².